The van der Waals surface area contributed by atoms with Crippen molar-refractivity contribution in [1.82, 2.24) is 34.6 Å². The van der Waals surface area contributed by atoms with Crippen LogP contribution in [0.2, 0.25) is 0 Å². The number of piperidine rings is 2. The molecule has 1 saturated carbocycles. The van der Waals surface area contributed by atoms with Crippen molar-refractivity contribution in [2.45, 2.75) is 90.1 Å². The summed E-state index contributed by atoms with van der Waals surface area (Å²) in [6.45, 7) is 9.62. The minimum Gasteiger partial charge on any atom is -0.371 e. The molecule has 7 heterocycles. The van der Waals surface area contributed by atoms with Gasteiger partial charge in [0.1, 0.15) is 17.5 Å². The zero-order chi connectivity index (χ0) is 42.4. The number of hydrogen-bond donors (Lipinski definition) is 2. The van der Waals surface area contributed by atoms with Crippen molar-refractivity contribution < 1.29 is 24.0 Å². The first-order valence-electron chi connectivity index (χ1n) is 21.8. The number of carbonyl (C=O) groups excluding carboxylic acids is 5. The number of hydrogen-bond acceptors (Lipinski definition) is 13. The predicted molar refractivity (Wildman–Crippen MR) is 230 cm³/mol. The molecule has 16 nitrogen and oxygen atoms in total. The maximum Gasteiger partial charge on any atom is 0.264 e. The highest BCUT2D eigenvalue weighted by Crippen LogP contribution is 2.37. The molecule has 3 aromatic heterocycles. The molecule has 0 spiro atoms. The van der Waals surface area contributed by atoms with Crippen LogP contribution in [-0.4, -0.2) is 111 Å². The average molecular weight is 829 g/mol. The van der Waals surface area contributed by atoms with Crippen molar-refractivity contribution in [2.75, 3.05) is 60.9 Å². The van der Waals surface area contributed by atoms with Crippen LogP contribution in [0.4, 0.5) is 23.1 Å². The number of rotatable bonds is 11. The van der Waals surface area contributed by atoms with Crippen molar-refractivity contribution in [1.29, 1.82) is 0 Å². The fraction of sp³-hybridized carbons (Fsp3) is 0.489. The number of carbonyl (C=O) groups is 5. The predicted octanol–water partition coefficient (Wildman–Crippen LogP) is 4.78. The van der Waals surface area contributed by atoms with E-state index in [2.05, 4.69) is 41.4 Å². The van der Waals surface area contributed by atoms with Crippen LogP contribution in [0.1, 0.15) is 114 Å². The molecule has 4 aliphatic heterocycles. The normalized spacial score (nSPS) is 20.5. The van der Waals surface area contributed by atoms with E-state index in [9.17, 15) is 28.8 Å². The van der Waals surface area contributed by atoms with Crippen LogP contribution in [0.5, 0.6) is 0 Å². The Kier molecular flexibility index (Phi) is 11.1. The number of nitrogens with zero attached hydrogens (tertiary/aromatic N) is 8. The molecule has 16 heteroatoms. The third kappa shape index (κ3) is 7.77. The Labute approximate surface area is 353 Å². The molecule has 1 atom stereocenters. The molecule has 4 amide bonds. The van der Waals surface area contributed by atoms with Crippen molar-refractivity contribution in [2.24, 2.45) is 5.92 Å². The lowest BCUT2D eigenvalue weighted by molar-refractivity contribution is -0.136. The molecular weight excluding hydrogens is 777 g/mol. The third-order valence-corrected chi connectivity index (χ3v) is 13.5. The molecule has 61 heavy (non-hydrogen) atoms. The molecule has 4 fully saturated rings. The van der Waals surface area contributed by atoms with Gasteiger partial charge in [-0.3, -0.25) is 48.5 Å². The largest absolute Gasteiger partial charge is 0.371 e. The van der Waals surface area contributed by atoms with Gasteiger partial charge in [-0.15, -0.1) is 0 Å². The maximum atomic E-state index is 13.6. The Morgan fingerprint density at radius 3 is 2.33 bits per heavy atom. The second-order valence-electron chi connectivity index (χ2n) is 17.2. The first kappa shape index (κ1) is 40.4. The van der Waals surface area contributed by atoms with Gasteiger partial charge in [0.15, 0.2) is 5.78 Å². The quantitative estimate of drug-likeness (QED) is 0.156. The molecule has 9 rings (SSSR count). The Morgan fingerprint density at radius 1 is 0.852 bits per heavy atom. The van der Waals surface area contributed by atoms with Gasteiger partial charge in [0.05, 0.1) is 34.3 Å². The lowest BCUT2D eigenvalue weighted by Crippen LogP contribution is -2.54. The van der Waals surface area contributed by atoms with Crippen LogP contribution >= 0.6 is 0 Å². The molecule has 5 aliphatic rings. The number of fused-ring (bicyclic) bond motifs is 2. The van der Waals surface area contributed by atoms with Crippen LogP contribution in [0.25, 0.3) is 11.0 Å². The molecule has 2 N–H and O–H groups in total. The average Bonchev–Trinajstić information content (AvgIpc) is 3.88. The van der Waals surface area contributed by atoms with Gasteiger partial charge in [-0.1, -0.05) is 18.9 Å². The van der Waals surface area contributed by atoms with Crippen molar-refractivity contribution in [3.05, 3.63) is 75.3 Å². The molecule has 0 radical (unpaired) electrons. The number of aryl methyl sites for hydroxylation is 1. The highest BCUT2D eigenvalue weighted by molar-refractivity contribution is 6.25. The van der Waals surface area contributed by atoms with Gasteiger partial charge in [-0.2, -0.15) is 4.98 Å². The fourth-order valence-corrected chi connectivity index (χ4v) is 10.1. The molecule has 4 aromatic rings. The molecule has 0 bridgehead atoms. The number of piperazine rings is 1. The number of aromatic nitrogens is 4. The number of amides is 4. The Morgan fingerprint density at radius 2 is 1.62 bits per heavy atom. The zero-order valence-electron chi connectivity index (χ0n) is 34.8. The van der Waals surface area contributed by atoms with Crippen LogP contribution in [-0.2, 0) is 9.59 Å². The molecule has 1 aromatic carbocycles. The van der Waals surface area contributed by atoms with Gasteiger partial charge >= 0.3 is 0 Å². The molecule has 1 aliphatic carbocycles. The lowest BCUT2D eigenvalue weighted by Gasteiger charge is -2.37. The summed E-state index contributed by atoms with van der Waals surface area (Å²) in [7, 11) is 0. The topological polar surface area (TPSA) is 183 Å². The van der Waals surface area contributed by atoms with Crippen LogP contribution < -0.4 is 26.0 Å². The summed E-state index contributed by atoms with van der Waals surface area (Å²) < 4.78 is 1.72. The molecular formula is C45H52N10O6. The van der Waals surface area contributed by atoms with Gasteiger partial charge < -0.3 is 15.1 Å². The highest BCUT2D eigenvalue weighted by Gasteiger charge is 2.46. The minimum atomic E-state index is -0.974. The van der Waals surface area contributed by atoms with Crippen molar-refractivity contribution in [3.8, 4) is 0 Å². The number of pyridine rings is 2. The number of anilines is 4. The Bertz CT molecular complexity index is 2460. The summed E-state index contributed by atoms with van der Waals surface area (Å²) >= 11 is 0. The molecule has 3 saturated heterocycles. The van der Waals surface area contributed by atoms with Gasteiger partial charge in [-0.05, 0) is 101 Å². The third-order valence-electron chi connectivity index (χ3n) is 13.5. The number of Topliss-reactive ketones (excluding diaryl/α,β-unsaturated/α-hetero) is 1. The van der Waals surface area contributed by atoms with E-state index in [4.69, 9.17) is 4.98 Å². The monoisotopic (exact) mass is 828 g/mol. The van der Waals surface area contributed by atoms with Crippen LogP contribution in [0, 0.1) is 12.8 Å². The van der Waals surface area contributed by atoms with Gasteiger partial charge in [-0.25, -0.2) is 9.97 Å². The maximum absolute atomic E-state index is 13.6. The first-order valence-corrected chi connectivity index (χ1v) is 21.8. The smallest absolute Gasteiger partial charge is 0.264 e. The first-order chi connectivity index (χ1) is 29.5. The van der Waals surface area contributed by atoms with Crippen molar-refractivity contribution >= 4 is 63.6 Å². The Balaban J connectivity index is 0.744. The summed E-state index contributed by atoms with van der Waals surface area (Å²) in [5.41, 5.74) is 3.59. The van der Waals surface area contributed by atoms with E-state index in [0.29, 0.717) is 45.4 Å². The molecule has 1 unspecified atom stereocenters. The van der Waals surface area contributed by atoms with E-state index in [1.807, 2.05) is 18.3 Å². The standard InChI is InChI=1S/C45H52N10O6/c1-27-33-26-47-45(50-40(33)54(30-8-3-4-9-30)43(60)38(27)28(2)56)48-36-14-12-31(25-46-36)52-23-21-51(22-24-52)18-6-7-29-16-19-53(20-17-29)34-11-5-10-32-39(34)44(61)55(42(32)59)35-13-15-37(57)49-41(35)58/h5,10-12,14,25-26,29-30,35H,3-4,6-9,13,15-24H2,1-2H3,(H,49,57,58)(H,46,47,48,50). The highest BCUT2D eigenvalue weighted by atomic mass is 16.2. The number of imide groups is 2. The van der Waals surface area contributed by atoms with E-state index in [1.54, 1.807) is 29.8 Å². The van der Waals surface area contributed by atoms with E-state index < -0.39 is 23.8 Å². The Hall–Kier alpha value is -6.03. The van der Waals surface area contributed by atoms with E-state index >= 15 is 0 Å². The minimum absolute atomic E-state index is 0.00960. The van der Waals surface area contributed by atoms with Gasteiger partial charge in [0, 0.05) is 63.3 Å². The fourth-order valence-electron chi connectivity index (χ4n) is 10.1. The van der Waals surface area contributed by atoms with Crippen LogP contribution in [0.15, 0.2) is 47.5 Å². The van der Waals surface area contributed by atoms with E-state index in [-0.39, 0.29) is 41.7 Å². The summed E-state index contributed by atoms with van der Waals surface area (Å²) in [6, 6.07) is 8.36. The van der Waals surface area contributed by atoms with Crippen LogP contribution in [0.3, 0.4) is 0 Å². The van der Waals surface area contributed by atoms with E-state index in [0.717, 1.165) is 113 Å². The summed E-state index contributed by atoms with van der Waals surface area (Å²) in [6.07, 6.45) is 11.9. The number of nitrogens with one attached hydrogen (secondary N) is 2. The summed E-state index contributed by atoms with van der Waals surface area (Å²) in [5.74, 6) is -0.619. The van der Waals surface area contributed by atoms with Gasteiger partial charge in [0.2, 0.25) is 17.8 Å². The number of benzene rings is 1. The number of ketones is 1. The van der Waals surface area contributed by atoms with Gasteiger partial charge in [0.25, 0.3) is 17.4 Å². The summed E-state index contributed by atoms with van der Waals surface area (Å²) in [4.78, 5) is 99.4. The SMILES string of the molecule is CC(=O)c1c(C)c2cnc(Nc3ccc(N4CCN(CCCC5CCN(c6cccc7c6C(=O)N(C6CCC(=O)NC6=O)C7=O)CC5)CC4)cn3)nc2n(C2CCCC2)c1=O. The second kappa shape index (κ2) is 16.8. The lowest BCUT2D eigenvalue weighted by atomic mass is 9.91. The summed E-state index contributed by atoms with van der Waals surface area (Å²) in [5, 5.41) is 6.20. The second-order valence-corrected chi connectivity index (χ2v) is 17.2. The molecule has 318 valence electrons. The van der Waals surface area contributed by atoms with E-state index in [1.165, 1.54) is 6.92 Å². The van der Waals surface area contributed by atoms with Crippen molar-refractivity contribution in [3.63, 3.8) is 0 Å². The zero-order valence-corrected chi connectivity index (χ0v) is 34.8.